The highest BCUT2D eigenvalue weighted by atomic mass is 127. The van der Waals surface area contributed by atoms with Crippen LogP contribution in [0.1, 0.15) is 12.5 Å². The first-order valence-corrected chi connectivity index (χ1v) is 7.25. The maximum absolute atomic E-state index is 5.86. The largest absolute Gasteiger partial charge is 0.378 e. The molecule has 2 rings (SSSR count). The molecular formula is C16H25IN4O. The van der Waals surface area contributed by atoms with Crippen LogP contribution in [-0.4, -0.2) is 38.8 Å². The highest BCUT2D eigenvalue weighted by Gasteiger charge is 2.13. The predicted molar refractivity (Wildman–Crippen MR) is 103 cm³/mol. The molecule has 1 aromatic carbocycles. The van der Waals surface area contributed by atoms with Gasteiger partial charge in [0.15, 0.2) is 5.96 Å². The molecule has 1 heterocycles. The van der Waals surface area contributed by atoms with Crippen LogP contribution in [0.15, 0.2) is 41.4 Å². The molecule has 0 bridgehead atoms. The topological polar surface area (TPSA) is 62.9 Å². The molecule has 1 aliphatic heterocycles. The van der Waals surface area contributed by atoms with E-state index < -0.39 is 0 Å². The maximum Gasteiger partial charge on any atom is 0.189 e. The van der Waals surface area contributed by atoms with Crippen LogP contribution in [0.4, 0.5) is 5.69 Å². The predicted octanol–water partition coefficient (Wildman–Crippen LogP) is 2.12. The monoisotopic (exact) mass is 416 g/mol. The summed E-state index contributed by atoms with van der Waals surface area (Å²) in [5.74, 6) is 0.454. The van der Waals surface area contributed by atoms with Crippen LogP contribution < -0.4 is 16.0 Å². The van der Waals surface area contributed by atoms with Crippen molar-refractivity contribution >= 4 is 35.6 Å². The number of hydrogen-bond acceptors (Lipinski definition) is 3. The summed E-state index contributed by atoms with van der Waals surface area (Å²) in [5.41, 5.74) is 9.29. The Balaban J connectivity index is 0.00000242. The fourth-order valence-electron chi connectivity index (χ4n) is 2.22. The SMILES string of the molecule is C=C(C)CNC(N)=NCc1ccccc1N1CCOCC1.I. The number of nitrogens with one attached hydrogen (secondary N) is 1. The first-order valence-electron chi connectivity index (χ1n) is 7.25. The smallest absolute Gasteiger partial charge is 0.189 e. The molecule has 0 unspecified atom stereocenters. The van der Waals surface area contributed by atoms with Crippen LogP contribution in [0.5, 0.6) is 0 Å². The summed E-state index contributed by atoms with van der Waals surface area (Å²) < 4.78 is 5.41. The van der Waals surface area contributed by atoms with E-state index in [1.807, 2.05) is 13.0 Å². The minimum atomic E-state index is 0. The molecule has 0 radical (unpaired) electrons. The number of nitrogens with zero attached hydrogens (tertiary/aromatic N) is 2. The standard InChI is InChI=1S/C16H24N4O.HI/c1-13(2)11-18-16(17)19-12-14-5-3-4-6-15(14)20-7-9-21-10-8-20;/h3-6H,1,7-12H2,2H3,(H3,17,18,19);1H. The van der Waals surface area contributed by atoms with Crippen molar-refractivity contribution in [1.29, 1.82) is 0 Å². The number of rotatable bonds is 5. The average molecular weight is 416 g/mol. The summed E-state index contributed by atoms with van der Waals surface area (Å²) in [6.45, 7) is 10.4. The second-order valence-electron chi connectivity index (χ2n) is 5.24. The van der Waals surface area contributed by atoms with Crippen molar-refractivity contribution in [2.24, 2.45) is 10.7 Å². The summed E-state index contributed by atoms with van der Waals surface area (Å²) in [4.78, 5) is 6.75. The molecule has 1 aliphatic rings. The van der Waals surface area contributed by atoms with E-state index in [0.29, 0.717) is 19.0 Å². The maximum atomic E-state index is 5.86. The lowest BCUT2D eigenvalue weighted by molar-refractivity contribution is 0.122. The van der Waals surface area contributed by atoms with Gasteiger partial charge in [0, 0.05) is 25.3 Å². The summed E-state index contributed by atoms with van der Waals surface area (Å²) in [7, 11) is 0. The Morgan fingerprint density at radius 2 is 2.05 bits per heavy atom. The molecule has 1 saturated heterocycles. The molecule has 6 heteroatoms. The van der Waals surface area contributed by atoms with E-state index >= 15 is 0 Å². The van der Waals surface area contributed by atoms with Crippen LogP contribution in [-0.2, 0) is 11.3 Å². The minimum Gasteiger partial charge on any atom is -0.378 e. The first-order chi connectivity index (χ1) is 10.2. The molecule has 122 valence electrons. The highest BCUT2D eigenvalue weighted by Crippen LogP contribution is 2.22. The third kappa shape index (κ3) is 5.84. The van der Waals surface area contributed by atoms with Gasteiger partial charge >= 0.3 is 0 Å². The van der Waals surface area contributed by atoms with Crippen molar-refractivity contribution in [1.82, 2.24) is 5.32 Å². The number of halogens is 1. The van der Waals surface area contributed by atoms with E-state index in [1.54, 1.807) is 0 Å². The van der Waals surface area contributed by atoms with Crippen LogP contribution in [0.25, 0.3) is 0 Å². The van der Waals surface area contributed by atoms with Gasteiger partial charge < -0.3 is 20.7 Å². The number of hydrogen-bond donors (Lipinski definition) is 2. The van der Waals surface area contributed by atoms with E-state index in [9.17, 15) is 0 Å². The van der Waals surface area contributed by atoms with Crippen molar-refractivity contribution in [3.05, 3.63) is 42.0 Å². The van der Waals surface area contributed by atoms with E-state index in [0.717, 1.165) is 31.9 Å². The Morgan fingerprint density at radius 1 is 1.36 bits per heavy atom. The lowest BCUT2D eigenvalue weighted by atomic mass is 10.1. The molecule has 0 aliphatic carbocycles. The van der Waals surface area contributed by atoms with E-state index in [-0.39, 0.29) is 24.0 Å². The molecule has 3 N–H and O–H groups in total. The van der Waals surface area contributed by atoms with Gasteiger partial charge in [0.25, 0.3) is 0 Å². The fourth-order valence-corrected chi connectivity index (χ4v) is 2.22. The van der Waals surface area contributed by atoms with Gasteiger partial charge in [-0.05, 0) is 18.6 Å². The Hall–Kier alpha value is -1.28. The Kier molecular flexibility index (Phi) is 8.26. The van der Waals surface area contributed by atoms with Gasteiger partial charge in [-0.25, -0.2) is 4.99 Å². The van der Waals surface area contributed by atoms with E-state index in [2.05, 4.69) is 40.0 Å². The van der Waals surface area contributed by atoms with Crippen molar-refractivity contribution in [3.63, 3.8) is 0 Å². The normalized spacial score (nSPS) is 15.1. The first kappa shape index (κ1) is 18.8. The molecule has 0 atom stereocenters. The zero-order chi connectivity index (χ0) is 15.1. The number of ether oxygens (including phenoxy) is 1. The second kappa shape index (κ2) is 9.68. The van der Waals surface area contributed by atoms with Crippen molar-refractivity contribution in [2.75, 3.05) is 37.7 Å². The molecule has 1 fully saturated rings. The Bertz CT molecular complexity index is 513. The molecule has 0 amide bonds. The number of para-hydroxylation sites is 1. The third-order valence-corrected chi connectivity index (χ3v) is 3.33. The molecule has 0 spiro atoms. The lowest BCUT2D eigenvalue weighted by Gasteiger charge is -2.30. The minimum absolute atomic E-state index is 0. The van der Waals surface area contributed by atoms with Gasteiger partial charge in [-0.15, -0.1) is 24.0 Å². The number of anilines is 1. The van der Waals surface area contributed by atoms with Crippen molar-refractivity contribution < 1.29 is 4.74 Å². The van der Waals surface area contributed by atoms with Gasteiger partial charge in [-0.2, -0.15) is 0 Å². The summed E-state index contributed by atoms with van der Waals surface area (Å²) in [5, 5.41) is 3.05. The van der Waals surface area contributed by atoms with Crippen LogP contribution in [0.2, 0.25) is 0 Å². The number of guanidine groups is 1. The van der Waals surface area contributed by atoms with Crippen LogP contribution in [0, 0.1) is 0 Å². The summed E-state index contributed by atoms with van der Waals surface area (Å²) in [6, 6.07) is 8.32. The number of morpholine rings is 1. The van der Waals surface area contributed by atoms with Crippen molar-refractivity contribution in [3.8, 4) is 0 Å². The Morgan fingerprint density at radius 3 is 2.73 bits per heavy atom. The van der Waals surface area contributed by atoms with Gasteiger partial charge in [0.05, 0.1) is 19.8 Å². The number of aliphatic imine (C=N–C) groups is 1. The Labute approximate surface area is 149 Å². The molecule has 5 nitrogen and oxygen atoms in total. The number of nitrogens with two attached hydrogens (primary N) is 1. The van der Waals surface area contributed by atoms with Gasteiger partial charge in [-0.1, -0.05) is 30.4 Å². The van der Waals surface area contributed by atoms with Gasteiger partial charge in [0.1, 0.15) is 0 Å². The second-order valence-corrected chi connectivity index (χ2v) is 5.24. The van der Waals surface area contributed by atoms with E-state index in [1.165, 1.54) is 11.3 Å². The van der Waals surface area contributed by atoms with E-state index in [4.69, 9.17) is 10.5 Å². The highest BCUT2D eigenvalue weighted by molar-refractivity contribution is 14.0. The zero-order valence-corrected chi connectivity index (χ0v) is 15.4. The molecule has 1 aromatic rings. The zero-order valence-electron chi connectivity index (χ0n) is 13.0. The molecule has 22 heavy (non-hydrogen) atoms. The van der Waals surface area contributed by atoms with Gasteiger partial charge in [0.2, 0.25) is 0 Å². The van der Waals surface area contributed by atoms with Crippen LogP contribution in [0.3, 0.4) is 0 Å². The van der Waals surface area contributed by atoms with Gasteiger partial charge in [-0.3, -0.25) is 0 Å². The summed E-state index contributed by atoms with van der Waals surface area (Å²) in [6.07, 6.45) is 0. The van der Waals surface area contributed by atoms with Crippen LogP contribution >= 0.6 is 24.0 Å². The molecular weight excluding hydrogens is 391 g/mol. The average Bonchev–Trinajstić information content (AvgIpc) is 2.52. The lowest BCUT2D eigenvalue weighted by Crippen LogP contribution is -2.36. The summed E-state index contributed by atoms with van der Waals surface area (Å²) >= 11 is 0. The molecule has 0 aromatic heterocycles. The fraction of sp³-hybridized carbons (Fsp3) is 0.438. The number of benzene rings is 1. The quantitative estimate of drug-likeness (QED) is 0.334. The molecule has 0 saturated carbocycles. The van der Waals surface area contributed by atoms with Crippen molar-refractivity contribution in [2.45, 2.75) is 13.5 Å². The third-order valence-electron chi connectivity index (χ3n) is 3.33.